The maximum atomic E-state index is 12.5. The van der Waals surface area contributed by atoms with Crippen molar-refractivity contribution in [3.8, 4) is 0 Å². The van der Waals surface area contributed by atoms with Gasteiger partial charge in [-0.05, 0) is 30.9 Å². The Morgan fingerprint density at radius 3 is 2.50 bits per heavy atom. The second-order valence-electron chi connectivity index (χ2n) is 5.61. The third-order valence-electron chi connectivity index (χ3n) is 4.27. The van der Waals surface area contributed by atoms with E-state index in [1.54, 1.807) is 11.4 Å². The van der Waals surface area contributed by atoms with Gasteiger partial charge in [-0.15, -0.1) is 0 Å². The summed E-state index contributed by atoms with van der Waals surface area (Å²) in [5, 5.41) is 0. The van der Waals surface area contributed by atoms with E-state index in [9.17, 15) is 8.42 Å². The molecule has 0 bridgehead atoms. The van der Waals surface area contributed by atoms with Crippen LogP contribution in [-0.4, -0.2) is 32.4 Å². The summed E-state index contributed by atoms with van der Waals surface area (Å²) in [6.07, 6.45) is 4.20. The number of nitrogens with zero attached hydrogens (tertiary/aromatic N) is 1. The van der Waals surface area contributed by atoms with Gasteiger partial charge in [0.2, 0.25) is 10.0 Å². The predicted molar refractivity (Wildman–Crippen MR) is 81.6 cm³/mol. The molecule has 1 aliphatic rings. The van der Waals surface area contributed by atoms with Crippen LogP contribution in [-0.2, 0) is 15.8 Å². The second kappa shape index (κ2) is 6.70. The van der Waals surface area contributed by atoms with Crippen LogP contribution in [0.5, 0.6) is 0 Å². The minimum absolute atomic E-state index is 0.0578. The monoisotopic (exact) mass is 296 g/mol. The highest BCUT2D eigenvalue weighted by atomic mass is 32.2. The van der Waals surface area contributed by atoms with Crippen LogP contribution in [0.4, 0.5) is 0 Å². The summed E-state index contributed by atoms with van der Waals surface area (Å²) in [7, 11) is -1.57. The molecule has 0 radical (unpaired) electrons. The minimum Gasteiger partial charge on any atom is -0.330 e. The first kappa shape index (κ1) is 15.5. The van der Waals surface area contributed by atoms with E-state index in [0.717, 1.165) is 31.2 Å². The van der Waals surface area contributed by atoms with E-state index in [1.165, 1.54) is 0 Å². The number of benzene rings is 1. The van der Waals surface area contributed by atoms with Crippen LogP contribution in [0.2, 0.25) is 0 Å². The molecule has 0 heterocycles. The number of sulfonamides is 1. The number of hydrogen-bond donors (Lipinski definition) is 1. The molecule has 1 aromatic rings. The van der Waals surface area contributed by atoms with E-state index in [2.05, 4.69) is 0 Å². The molecule has 2 unspecified atom stereocenters. The van der Waals surface area contributed by atoms with Crippen LogP contribution in [0, 0.1) is 5.92 Å². The molecular weight excluding hydrogens is 272 g/mol. The highest BCUT2D eigenvalue weighted by Gasteiger charge is 2.33. The van der Waals surface area contributed by atoms with Crippen LogP contribution >= 0.6 is 0 Å². The van der Waals surface area contributed by atoms with Gasteiger partial charge in [0.05, 0.1) is 5.75 Å². The zero-order chi connectivity index (χ0) is 14.6. The molecule has 2 rings (SSSR count). The summed E-state index contributed by atoms with van der Waals surface area (Å²) < 4.78 is 26.7. The standard InChI is InChI=1S/C15H24N2O2S/c1-17(15-10-6-5-9-14(15)11-16)20(18,19)12-13-7-3-2-4-8-13/h2-4,7-8,14-15H,5-6,9-12,16H2,1H3. The van der Waals surface area contributed by atoms with Gasteiger partial charge in [-0.2, -0.15) is 0 Å². The molecule has 1 aliphatic carbocycles. The van der Waals surface area contributed by atoms with Gasteiger partial charge in [0.25, 0.3) is 0 Å². The molecule has 0 saturated heterocycles. The second-order valence-corrected chi connectivity index (χ2v) is 7.63. The van der Waals surface area contributed by atoms with E-state index >= 15 is 0 Å². The molecule has 112 valence electrons. The molecule has 0 amide bonds. The van der Waals surface area contributed by atoms with Crippen molar-refractivity contribution in [2.75, 3.05) is 13.6 Å². The number of rotatable bonds is 5. The van der Waals surface area contributed by atoms with E-state index in [4.69, 9.17) is 5.73 Å². The van der Waals surface area contributed by atoms with Gasteiger partial charge in [-0.25, -0.2) is 12.7 Å². The zero-order valence-corrected chi connectivity index (χ0v) is 12.8. The van der Waals surface area contributed by atoms with Gasteiger partial charge < -0.3 is 5.73 Å². The summed E-state index contributed by atoms with van der Waals surface area (Å²) in [4.78, 5) is 0. The summed E-state index contributed by atoms with van der Waals surface area (Å²) in [5.41, 5.74) is 6.64. The van der Waals surface area contributed by atoms with Gasteiger partial charge >= 0.3 is 0 Å². The van der Waals surface area contributed by atoms with Gasteiger partial charge in [-0.3, -0.25) is 0 Å². The Balaban J connectivity index is 2.11. The third kappa shape index (κ3) is 3.59. The Kier molecular flexibility index (Phi) is 5.18. The fourth-order valence-corrected chi connectivity index (χ4v) is 4.54. The highest BCUT2D eigenvalue weighted by Crippen LogP contribution is 2.29. The van der Waals surface area contributed by atoms with E-state index in [1.807, 2.05) is 30.3 Å². The topological polar surface area (TPSA) is 63.4 Å². The molecule has 0 aliphatic heterocycles. The summed E-state index contributed by atoms with van der Waals surface area (Å²) >= 11 is 0. The van der Waals surface area contributed by atoms with Crippen molar-refractivity contribution in [2.45, 2.75) is 37.5 Å². The van der Waals surface area contributed by atoms with Crippen LogP contribution in [0.25, 0.3) is 0 Å². The average molecular weight is 296 g/mol. The van der Waals surface area contributed by atoms with E-state index in [-0.39, 0.29) is 11.8 Å². The highest BCUT2D eigenvalue weighted by molar-refractivity contribution is 7.88. The smallest absolute Gasteiger partial charge is 0.218 e. The maximum absolute atomic E-state index is 12.5. The molecule has 2 atom stereocenters. The van der Waals surface area contributed by atoms with Crippen molar-refractivity contribution in [2.24, 2.45) is 11.7 Å². The maximum Gasteiger partial charge on any atom is 0.218 e. The molecule has 1 fully saturated rings. The Morgan fingerprint density at radius 2 is 1.85 bits per heavy atom. The van der Waals surface area contributed by atoms with Crippen LogP contribution < -0.4 is 5.73 Å². The molecule has 1 saturated carbocycles. The number of hydrogen-bond acceptors (Lipinski definition) is 3. The van der Waals surface area contributed by atoms with Gasteiger partial charge in [0, 0.05) is 13.1 Å². The van der Waals surface area contributed by atoms with Crippen LogP contribution in [0.15, 0.2) is 30.3 Å². The van der Waals surface area contributed by atoms with Crippen molar-refractivity contribution in [3.05, 3.63) is 35.9 Å². The Bertz CT molecular complexity index is 516. The lowest BCUT2D eigenvalue weighted by Gasteiger charge is -2.36. The SMILES string of the molecule is CN(C1CCCCC1CN)S(=O)(=O)Cc1ccccc1. The summed E-state index contributed by atoms with van der Waals surface area (Å²) in [5.74, 6) is 0.359. The fourth-order valence-electron chi connectivity index (χ4n) is 3.03. The quantitative estimate of drug-likeness (QED) is 0.903. The molecule has 0 spiro atoms. The lowest BCUT2D eigenvalue weighted by atomic mass is 9.85. The molecular formula is C15H24N2O2S. The first-order valence-electron chi connectivity index (χ1n) is 7.24. The lowest BCUT2D eigenvalue weighted by Crippen LogP contribution is -2.46. The number of nitrogens with two attached hydrogens (primary N) is 1. The Labute approximate surface area is 122 Å². The molecule has 1 aromatic carbocycles. The van der Waals surface area contributed by atoms with E-state index in [0.29, 0.717) is 12.5 Å². The van der Waals surface area contributed by atoms with Crippen LogP contribution in [0.1, 0.15) is 31.2 Å². The van der Waals surface area contributed by atoms with Crippen molar-refractivity contribution >= 4 is 10.0 Å². The van der Waals surface area contributed by atoms with Crippen LogP contribution in [0.3, 0.4) is 0 Å². The third-order valence-corrected chi connectivity index (χ3v) is 6.12. The normalized spacial score (nSPS) is 23.9. The Hall–Kier alpha value is -0.910. The molecule has 2 N–H and O–H groups in total. The molecule has 20 heavy (non-hydrogen) atoms. The predicted octanol–water partition coefficient (Wildman–Crippen LogP) is 1.97. The van der Waals surface area contributed by atoms with E-state index < -0.39 is 10.0 Å². The zero-order valence-electron chi connectivity index (χ0n) is 12.0. The lowest BCUT2D eigenvalue weighted by molar-refractivity contribution is 0.204. The summed E-state index contributed by atoms with van der Waals surface area (Å²) in [6, 6.07) is 9.40. The largest absolute Gasteiger partial charge is 0.330 e. The van der Waals surface area contributed by atoms with Crippen molar-refractivity contribution < 1.29 is 8.42 Å². The minimum atomic E-state index is -3.28. The molecule has 4 nitrogen and oxygen atoms in total. The van der Waals surface area contributed by atoms with Gasteiger partial charge in [0.15, 0.2) is 0 Å². The molecule has 0 aromatic heterocycles. The first-order valence-corrected chi connectivity index (χ1v) is 8.85. The first-order chi connectivity index (χ1) is 9.54. The van der Waals surface area contributed by atoms with Crippen molar-refractivity contribution in [3.63, 3.8) is 0 Å². The van der Waals surface area contributed by atoms with Crippen molar-refractivity contribution in [1.29, 1.82) is 0 Å². The van der Waals surface area contributed by atoms with Gasteiger partial charge in [0.1, 0.15) is 0 Å². The summed E-state index contributed by atoms with van der Waals surface area (Å²) in [6.45, 7) is 0.565. The Morgan fingerprint density at radius 1 is 1.20 bits per heavy atom. The van der Waals surface area contributed by atoms with Crippen molar-refractivity contribution in [1.82, 2.24) is 4.31 Å². The fraction of sp³-hybridized carbons (Fsp3) is 0.600. The van der Waals surface area contributed by atoms with Gasteiger partial charge in [-0.1, -0.05) is 43.2 Å². The average Bonchev–Trinajstić information content (AvgIpc) is 2.47. The molecule has 5 heteroatoms.